The molecule has 0 heterocycles. The van der Waals surface area contributed by atoms with Gasteiger partial charge in [0, 0.05) is 17.1 Å². The van der Waals surface area contributed by atoms with Crippen molar-refractivity contribution < 1.29 is 14.7 Å². The molecule has 0 radical (unpaired) electrons. The number of nitrogens with one attached hydrogen (secondary N) is 2. The normalized spacial score (nSPS) is 10.9. The highest BCUT2D eigenvalue weighted by Crippen LogP contribution is 2.21. The molecule has 6 heteroatoms. The van der Waals surface area contributed by atoms with E-state index in [9.17, 15) is 9.59 Å². The first-order chi connectivity index (χ1) is 10.8. The van der Waals surface area contributed by atoms with E-state index in [2.05, 4.69) is 10.6 Å². The summed E-state index contributed by atoms with van der Waals surface area (Å²) in [6, 6.07) is 13.6. The van der Waals surface area contributed by atoms with Crippen LogP contribution >= 0.6 is 0 Å². The van der Waals surface area contributed by atoms with Gasteiger partial charge in [0.25, 0.3) is 5.91 Å². The molecule has 2 aromatic carbocycles. The average Bonchev–Trinajstić information content (AvgIpc) is 2.47. The third kappa shape index (κ3) is 4.00. The Morgan fingerprint density at radius 2 is 1.70 bits per heavy atom. The molecule has 0 aromatic heterocycles. The van der Waals surface area contributed by atoms with Crippen LogP contribution in [0.25, 0.3) is 0 Å². The molecular weight excluding hydrogens is 294 g/mol. The van der Waals surface area contributed by atoms with Crippen molar-refractivity contribution in [3.8, 4) is 0 Å². The van der Waals surface area contributed by atoms with Gasteiger partial charge >= 0.3 is 5.97 Å². The first-order valence-corrected chi connectivity index (χ1v) is 7.07. The van der Waals surface area contributed by atoms with E-state index >= 15 is 0 Å². The summed E-state index contributed by atoms with van der Waals surface area (Å²) in [6.45, 7) is 3.12. The maximum absolute atomic E-state index is 12.2. The Morgan fingerprint density at radius 1 is 1.04 bits per heavy atom. The minimum Gasteiger partial charge on any atom is -0.480 e. The standard InChI is InChI=1S/C17H19N3O3/c1-17(2,16(22)23)20-12-7-5-6-11(10-12)19-15(21)13-8-3-4-9-14(13)18/h3-10,20H,18H2,1-2H3,(H,19,21)(H,22,23). The molecule has 23 heavy (non-hydrogen) atoms. The number of rotatable bonds is 5. The number of nitrogen functional groups attached to an aromatic ring is 1. The molecule has 0 atom stereocenters. The van der Waals surface area contributed by atoms with E-state index in [4.69, 9.17) is 10.8 Å². The van der Waals surface area contributed by atoms with Crippen molar-refractivity contribution in [1.82, 2.24) is 0 Å². The first kappa shape index (κ1) is 16.4. The van der Waals surface area contributed by atoms with Crippen LogP contribution < -0.4 is 16.4 Å². The summed E-state index contributed by atoms with van der Waals surface area (Å²) in [7, 11) is 0. The minimum absolute atomic E-state index is 0.322. The van der Waals surface area contributed by atoms with Gasteiger partial charge in [-0.15, -0.1) is 0 Å². The number of hydrogen-bond acceptors (Lipinski definition) is 4. The van der Waals surface area contributed by atoms with Gasteiger partial charge in [-0.3, -0.25) is 4.79 Å². The fraction of sp³-hybridized carbons (Fsp3) is 0.176. The Bertz CT molecular complexity index is 741. The minimum atomic E-state index is -1.12. The molecule has 0 saturated carbocycles. The van der Waals surface area contributed by atoms with Crippen molar-refractivity contribution in [3.05, 3.63) is 54.1 Å². The Hall–Kier alpha value is -3.02. The smallest absolute Gasteiger partial charge is 0.328 e. The van der Waals surface area contributed by atoms with Gasteiger partial charge in [-0.25, -0.2) is 4.79 Å². The van der Waals surface area contributed by atoms with E-state index in [1.165, 1.54) is 0 Å². The van der Waals surface area contributed by atoms with E-state index in [0.29, 0.717) is 22.6 Å². The molecule has 6 nitrogen and oxygen atoms in total. The van der Waals surface area contributed by atoms with Gasteiger partial charge in [0.15, 0.2) is 0 Å². The molecule has 0 aliphatic rings. The van der Waals surface area contributed by atoms with Gasteiger partial charge < -0.3 is 21.5 Å². The number of amides is 1. The van der Waals surface area contributed by atoms with Crippen LogP contribution in [0.1, 0.15) is 24.2 Å². The van der Waals surface area contributed by atoms with Gasteiger partial charge in [0.2, 0.25) is 0 Å². The molecule has 0 spiro atoms. The summed E-state index contributed by atoms with van der Waals surface area (Å²) in [5, 5.41) is 14.8. The number of carbonyl (C=O) groups is 2. The van der Waals surface area contributed by atoms with Gasteiger partial charge in [-0.2, -0.15) is 0 Å². The van der Waals surface area contributed by atoms with E-state index in [0.717, 1.165) is 0 Å². The van der Waals surface area contributed by atoms with Crippen molar-refractivity contribution in [2.24, 2.45) is 0 Å². The van der Waals surface area contributed by atoms with Crippen LogP contribution in [0.3, 0.4) is 0 Å². The second-order valence-corrected chi connectivity index (χ2v) is 5.68. The van der Waals surface area contributed by atoms with Gasteiger partial charge in [0.05, 0.1) is 5.56 Å². The Balaban J connectivity index is 2.16. The number of anilines is 3. The summed E-state index contributed by atoms with van der Waals surface area (Å²) in [5.74, 6) is -1.29. The topological polar surface area (TPSA) is 104 Å². The number of carboxylic acids is 1. The maximum Gasteiger partial charge on any atom is 0.328 e. The van der Waals surface area contributed by atoms with Crippen LogP contribution in [-0.4, -0.2) is 22.5 Å². The highest BCUT2D eigenvalue weighted by Gasteiger charge is 2.26. The van der Waals surface area contributed by atoms with Crippen LogP contribution in [-0.2, 0) is 4.79 Å². The van der Waals surface area contributed by atoms with Crippen molar-refractivity contribution >= 4 is 28.9 Å². The summed E-state index contributed by atoms with van der Waals surface area (Å²) >= 11 is 0. The van der Waals surface area contributed by atoms with Crippen LogP contribution in [0.4, 0.5) is 17.1 Å². The lowest BCUT2D eigenvalue weighted by Crippen LogP contribution is -2.39. The van der Waals surface area contributed by atoms with Gasteiger partial charge in [0.1, 0.15) is 5.54 Å². The number of aliphatic carboxylic acids is 1. The second-order valence-electron chi connectivity index (χ2n) is 5.68. The number of carboxylic acid groups (broad SMARTS) is 1. The number of carbonyl (C=O) groups excluding carboxylic acids is 1. The van der Waals surface area contributed by atoms with Crippen molar-refractivity contribution in [2.45, 2.75) is 19.4 Å². The molecule has 0 aliphatic carbocycles. The fourth-order valence-electron chi connectivity index (χ4n) is 1.99. The zero-order chi connectivity index (χ0) is 17.0. The molecule has 2 aromatic rings. The fourth-order valence-corrected chi connectivity index (χ4v) is 1.99. The highest BCUT2D eigenvalue weighted by atomic mass is 16.4. The molecule has 0 saturated heterocycles. The summed E-state index contributed by atoms with van der Waals surface area (Å²) in [4.78, 5) is 23.4. The predicted molar refractivity (Wildman–Crippen MR) is 90.6 cm³/mol. The number of hydrogen-bond donors (Lipinski definition) is 4. The van der Waals surface area contributed by atoms with Crippen LogP contribution in [0.2, 0.25) is 0 Å². The Kier molecular flexibility index (Phi) is 4.55. The quantitative estimate of drug-likeness (QED) is 0.635. The molecular formula is C17H19N3O3. The van der Waals surface area contributed by atoms with E-state index < -0.39 is 11.5 Å². The highest BCUT2D eigenvalue weighted by molar-refractivity contribution is 6.07. The largest absolute Gasteiger partial charge is 0.480 e. The molecule has 0 fully saturated rings. The van der Waals surface area contributed by atoms with Crippen LogP contribution in [0.15, 0.2) is 48.5 Å². The number of nitrogens with two attached hydrogens (primary N) is 1. The SMILES string of the molecule is CC(C)(Nc1cccc(NC(=O)c2ccccc2N)c1)C(=O)O. The molecule has 120 valence electrons. The summed E-state index contributed by atoms with van der Waals surface area (Å²) < 4.78 is 0. The van der Waals surface area contributed by atoms with E-state index in [1.807, 2.05) is 0 Å². The van der Waals surface area contributed by atoms with Crippen LogP contribution in [0.5, 0.6) is 0 Å². The lowest BCUT2D eigenvalue weighted by molar-refractivity contribution is -0.141. The van der Waals surface area contributed by atoms with Crippen molar-refractivity contribution in [3.63, 3.8) is 0 Å². The zero-order valence-electron chi connectivity index (χ0n) is 13.0. The Morgan fingerprint density at radius 3 is 2.35 bits per heavy atom. The molecule has 2 rings (SSSR count). The monoisotopic (exact) mass is 313 g/mol. The lowest BCUT2D eigenvalue weighted by Gasteiger charge is -2.22. The van der Waals surface area contributed by atoms with Gasteiger partial charge in [-0.1, -0.05) is 18.2 Å². The lowest BCUT2D eigenvalue weighted by atomic mass is 10.1. The third-order valence-electron chi connectivity index (χ3n) is 3.32. The predicted octanol–water partition coefficient (Wildman–Crippen LogP) is 2.80. The summed E-state index contributed by atoms with van der Waals surface area (Å²) in [6.07, 6.45) is 0. The number of benzene rings is 2. The first-order valence-electron chi connectivity index (χ1n) is 7.07. The second kappa shape index (κ2) is 6.39. The maximum atomic E-state index is 12.2. The van der Waals surface area contributed by atoms with Crippen LogP contribution in [0, 0.1) is 0 Å². The molecule has 0 bridgehead atoms. The van der Waals surface area contributed by atoms with Crippen molar-refractivity contribution in [2.75, 3.05) is 16.4 Å². The number of para-hydroxylation sites is 1. The third-order valence-corrected chi connectivity index (χ3v) is 3.32. The average molecular weight is 313 g/mol. The molecule has 5 N–H and O–H groups in total. The van der Waals surface area contributed by atoms with E-state index in [1.54, 1.807) is 62.4 Å². The molecule has 1 amide bonds. The molecule has 0 unspecified atom stereocenters. The van der Waals surface area contributed by atoms with E-state index in [-0.39, 0.29) is 5.91 Å². The summed E-state index contributed by atoms with van der Waals surface area (Å²) in [5.41, 5.74) is 6.58. The Labute approximate surface area is 134 Å². The van der Waals surface area contributed by atoms with Gasteiger partial charge in [-0.05, 0) is 44.2 Å². The zero-order valence-corrected chi connectivity index (χ0v) is 13.0. The molecule has 0 aliphatic heterocycles. The van der Waals surface area contributed by atoms with Crippen molar-refractivity contribution in [1.29, 1.82) is 0 Å².